The van der Waals surface area contributed by atoms with Crippen molar-refractivity contribution in [3.8, 4) is 10.4 Å². The topological polar surface area (TPSA) is 181 Å². The summed E-state index contributed by atoms with van der Waals surface area (Å²) < 4.78 is 29.7. The van der Waals surface area contributed by atoms with Crippen molar-refractivity contribution < 1.29 is 33.4 Å². The van der Waals surface area contributed by atoms with E-state index < -0.39 is 46.7 Å². The smallest absolute Gasteiger partial charge is 0.405 e. The van der Waals surface area contributed by atoms with Crippen molar-refractivity contribution in [2.75, 3.05) is 5.32 Å². The van der Waals surface area contributed by atoms with Crippen LogP contribution in [-0.2, 0) is 10.4 Å². The molecule has 184 valence electrons. The van der Waals surface area contributed by atoms with Crippen LogP contribution in [0.25, 0.3) is 10.4 Å². The normalized spacial score (nSPS) is 12.1. The van der Waals surface area contributed by atoms with Crippen molar-refractivity contribution in [1.29, 1.82) is 0 Å². The molecule has 2 aromatic heterocycles. The third kappa shape index (κ3) is 5.70. The Morgan fingerprint density at radius 3 is 2.26 bits per heavy atom. The molecule has 0 radical (unpaired) electrons. The molecular formula is C22H21F2N5O5S. The summed E-state index contributed by atoms with van der Waals surface area (Å²) in [6, 6.07) is 6.03. The van der Waals surface area contributed by atoms with Crippen LogP contribution in [0.2, 0.25) is 0 Å². The van der Waals surface area contributed by atoms with Gasteiger partial charge in [0.05, 0.1) is 22.4 Å². The van der Waals surface area contributed by atoms with Gasteiger partial charge >= 0.3 is 6.09 Å². The molecule has 8 N–H and O–H groups in total. The Morgan fingerprint density at radius 2 is 1.74 bits per heavy atom. The molecule has 0 aliphatic heterocycles. The number of nitrogens with one attached hydrogen (secondary N) is 2. The number of carbonyl (C=O) groups is 3. The number of amides is 3. The van der Waals surface area contributed by atoms with E-state index in [0.717, 1.165) is 23.5 Å². The molecule has 0 aliphatic carbocycles. The molecule has 0 bridgehead atoms. The predicted molar refractivity (Wildman–Crippen MR) is 124 cm³/mol. The second-order valence-corrected chi connectivity index (χ2v) is 9.00. The van der Waals surface area contributed by atoms with Crippen molar-refractivity contribution in [3.05, 3.63) is 64.9 Å². The summed E-state index contributed by atoms with van der Waals surface area (Å²) in [4.78, 5) is 38.8. The van der Waals surface area contributed by atoms with Gasteiger partial charge in [-0.05, 0) is 49.7 Å². The molecule has 0 fully saturated rings. The van der Waals surface area contributed by atoms with Gasteiger partial charge in [-0.1, -0.05) is 6.07 Å². The Morgan fingerprint density at radius 1 is 1.11 bits per heavy atom. The second kappa shape index (κ2) is 9.64. The Bertz CT molecular complexity index is 1300. The van der Waals surface area contributed by atoms with Gasteiger partial charge in [-0.3, -0.25) is 9.59 Å². The fourth-order valence-corrected chi connectivity index (χ4v) is 4.28. The number of anilines is 2. The molecule has 3 amide bonds. The summed E-state index contributed by atoms with van der Waals surface area (Å²) in [5, 5.41) is 23.8. The lowest BCUT2D eigenvalue weighted by atomic mass is 9.96. The summed E-state index contributed by atoms with van der Waals surface area (Å²) in [6.07, 6.45) is -1.49. The largest absolute Gasteiger partial charge is 0.465 e. The zero-order valence-electron chi connectivity index (χ0n) is 18.4. The fraction of sp³-hybridized carbons (Fsp3) is 0.182. The Labute approximate surface area is 201 Å². The highest BCUT2D eigenvalue weighted by molar-refractivity contribution is 7.20. The molecule has 13 heteroatoms. The second-order valence-electron chi connectivity index (χ2n) is 7.95. The number of nitrogens with zero attached hydrogens (tertiary/aromatic N) is 1. The number of pyridine rings is 1. The first-order valence-corrected chi connectivity index (χ1v) is 10.8. The van der Waals surface area contributed by atoms with E-state index in [9.17, 15) is 28.3 Å². The van der Waals surface area contributed by atoms with Crippen molar-refractivity contribution in [2.24, 2.45) is 11.5 Å². The fourth-order valence-electron chi connectivity index (χ4n) is 3.16. The number of halogens is 2. The maximum absolute atomic E-state index is 14.8. The molecule has 3 aromatic rings. The summed E-state index contributed by atoms with van der Waals surface area (Å²) in [5.74, 6) is -3.70. The first-order valence-electron chi connectivity index (χ1n) is 9.96. The molecule has 1 aromatic carbocycles. The van der Waals surface area contributed by atoms with Crippen LogP contribution in [0.4, 0.5) is 24.4 Å². The zero-order valence-corrected chi connectivity index (χ0v) is 19.2. The number of carbonyl (C=O) groups excluding carboxylic acids is 2. The van der Waals surface area contributed by atoms with E-state index in [2.05, 4.69) is 10.3 Å². The van der Waals surface area contributed by atoms with E-state index in [4.69, 9.17) is 16.6 Å². The summed E-state index contributed by atoms with van der Waals surface area (Å²) in [5.41, 5.74) is 8.71. The van der Waals surface area contributed by atoms with Crippen molar-refractivity contribution in [3.63, 3.8) is 0 Å². The van der Waals surface area contributed by atoms with Crippen molar-refractivity contribution in [2.45, 2.75) is 25.5 Å². The van der Waals surface area contributed by atoms with Gasteiger partial charge in [-0.25, -0.2) is 18.6 Å². The number of primary amides is 2. The van der Waals surface area contributed by atoms with E-state index in [1.165, 1.54) is 38.1 Å². The molecule has 0 saturated heterocycles. The lowest BCUT2D eigenvalue weighted by Gasteiger charge is -2.18. The molecule has 2 heterocycles. The molecule has 35 heavy (non-hydrogen) atoms. The van der Waals surface area contributed by atoms with Gasteiger partial charge in [-0.15, -0.1) is 11.3 Å². The van der Waals surface area contributed by atoms with Crippen LogP contribution in [-0.4, -0.2) is 33.1 Å². The molecule has 1 atom stereocenters. The van der Waals surface area contributed by atoms with Crippen LogP contribution < -0.4 is 22.1 Å². The maximum atomic E-state index is 14.8. The average Bonchev–Trinajstić information content (AvgIpc) is 3.14. The summed E-state index contributed by atoms with van der Waals surface area (Å²) in [6.45, 7) is 2.77. The molecule has 0 aliphatic rings. The predicted octanol–water partition coefficient (Wildman–Crippen LogP) is 2.95. The number of thiophene rings is 1. The van der Waals surface area contributed by atoms with Crippen molar-refractivity contribution in [1.82, 2.24) is 10.3 Å². The number of carboxylic acid groups (broad SMARTS) is 1. The van der Waals surface area contributed by atoms with Crippen LogP contribution in [0.3, 0.4) is 0 Å². The number of hydrogen-bond acceptors (Lipinski definition) is 7. The van der Waals surface area contributed by atoms with Gasteiger partial charge in [0.25, 0.3) is 5.91 Å². The Balaban J connectivity index is 2.02. The monoisotopic (exact) mass is 505 g/mol. The van der Waals surface area contributed by atoms with Crippen LogP contribution in [0.5, 0.6) is 0 Å². The van der Waals surface area contributed by atoms with E-state index in [0.29, 0.717) is 0 Å². The summed E-state index contributed by atoms with van der Waals surface area (Å²) in [7, 11) is 0. The van der Waals surface area contributed by atoms with Crippen molar-refractivity contribution >= 4 is 40.1 Å². The Hall–Kier alpha value is -4.10. The zero-order chi connectivity index (χ0) is 26.1. The van der Waals surface area contributed by atoms with Crippen LogP contribution >= 0.6 is 11.3 Å². The van der Waals surface area contributed by atoms with Crippen LogP contribution in [0.1, 0.15) is 41.5 Å². The molecule has 0 saturated carbocycles. The number of benzene rings is 1. The highest BCUT2D eigenvalue weighted by atomic mass is 32.1. The molecule has 3 rings (SSSR count). The van der Waals surface area contributed by atoms with Gasteiger partial charge < -0.3 is 32.3 Å². The Kier molecular flexibility index (Phi) is 7.03. The van der Waals surface area contributed by atoms with E-state index in [1.807, 2.05) is 5.32 Å². The highest BCUT2D eigenvalue weighted by Gasteiger charge is 2.25. The third-order valence-electron chi connectivity index (χ3n) is 4.85. The average molecular weight is 506 g/mol. The number of rotatable bonds is 8. The van der Waals surface area contributed by atoms with E-state index in [-0.39, 0.29) is 32.5 Å². The highest BCUT2D eigenvalue weighted by Crippen LogP contribution is 2.40. The van der Waals surface area contributed by atoms with Gasteiger partial charge in [0.1, 0.15) is 22.5 Å². The molecule has 10 nitrogen and oxygen atoms in total. The standard InChI is InChI=1S/C22H21F2N5O5S/c1-22(2,34)9-6-11(23)16(12(24)7-9)14-8-10(18(25)30)20(35-14)28-15-5-3-4-13(27-15)17(19(26)31)29-21(32)33/h3-8,17,29,34H,1-2H3,(H2,25,30)(H2,26,31)(H,27,28)(H,32,33). The first-order chi connectivity index (χ1) is 16.3. The maximum Gasteiger partial charge on any atom is 0.405 e. The summed E-state index contributed by atoms with van der Waals surface area (Å²) >= 11 is 0.813. The minimum atomic E-state index is -1.49. The number of nitrogens with two attached hydrogens (primary N) is 2. The number of hydrogen-bond donors (Lipinski definition) is 6. The molecular weight excluding hydrogens is 484 g/mol. The van der Waals surface area contributed by atoms with Crippen LogP contribution in [0.15, 0.2) is 36.4 Å². The molecule has 0 spiro atoms. The number of aromatic nitrogens is 1. The minimum absolute atomic E-state index is 0.0263. The van der Waals surface area contributed by atoms with Gasteiger partial charge in [0.2, 0.25) is 5.91 Å². The lowest BCUT2D eigenvalue weighted by molar-refractivity contribution is -0.120. The lowest BCUT2D eigenvalue weighted by Crippen LogP contribution is -2.37. The first kappa shape index (κ1) is 25.5. The quantitative estimate of drug-likeness (QED) is 0.272. The van der Waals surface area contributed by atoms with Gasteiger partial charge in [0.15, 0.2) is 6.04 Å². The van der Waals surface area contributed by atoms with Gasteiger partial charge in [0, 0.05) is 4.88 Å². The SMILES string of the molecule is CC(C)(O)c1cc(F)c(-c2cc(C(N)=O)c(Nc3cccc(C(NC(=O)O)C(N)=O)n3)s2)c(F)c1. The van der Waals surface area contributed by atoms with E-state index >= 15 is 0 Å². The molecule has 1 unspecified atom stereocenters. The van der Waals surface area contributed by atoms with E-state index in [1.54, 1.807) is 0 Å². The minimum Gasteiger partial charge on any atom is -0.465 e. The van der Waals surface area contributed by atoms with Gasteiger partial charge in [-0.2, -0.15) is 0 Å². The number of aliphatic hydroxyl groups is 1. The van der Waals surface area contributed by atoms with Crippen LogP contribution in [0, 0.1) is 11.6 Å². The third-order valence-corrected chi connectivity index (χ3v) is 5.92.